The van der Waals surface area contributed by atoms with Gasteiger partial charge in [0, 0.05) is 15.4 Å². The molecule has 71 valence electrons. The van der Waals surface area contributed by atoms with Crippen molar-refractivity contribution in [2.45, 2.75) is 6.92 Å². The van der Waals surface area contributed by atoms with Gasteiger partial charge in [0.1, 0.15) is 0 Å². The van der Waals surface area contributed by atoms with Crippen molar-refractivity contribution < 1.29 is 0 Å². The zero-order chi connectivity index (χ0) is 10.1. The number of benzene rings is 1. The second-order valence-electron chi connectivity index (χ2n) is 3.03. The van der Waals surface area contributed by atoms with E-state index >= 15 is 0 Å². The molecule has 0 atom stereocenters. The van der Waals surface area contributed by atoms with Crippen molar-refractivity contribution in [2.24, 2.45) is 0 Å². The molecule has 0 fully saturated rings. The Morgan fingerprint density at radius 1 is 1.14 bits per heavy atom. The van der Waals surface area contributed by atoms with Crippen molar-refractivity contribution in [3.63, 3.8) is 0 Å². The van der Waals surface area contributed by atoms with E-state index in [1.54, 1.807) is 17.4 Å². The summed E-state index contributed by atoms with van der Waals surface area (Å²) in [6.07, 6.45) is 0. The Morgan fingerprint density at radius 2 is 1.79 bits per heavy atom. The van der Waals surface area contributed by atoms with Crippen molar-refractivity contribution in [1.29, 1.82) is 0 Å². The maximum Gasteiger partial charge on any atom is 0.0481 e. The highest BCUT2D eigenvalue weighted by Crippen LogP contribution is 2.30. The summed E-state index contributed by atoms with van der Waals surface area (Å²) in [5.74, 6) is 0. The molecule has 1 aromatic carbocycles. The molecule has 0 nitrogen and oxygen atoms in total. The molecule has 0 amide bonds. The van der Waals surface area contributed by atoms with Crippen LogP contribution >= 0.6 is 34.5 Å². The van der Waals surface area contributed by atoms with Crippen LogP contribution in [0.2, 0.25) is 10.0 Å². The minimum Gasteiger partial charge on any atom is -0.142 e. The van der Waals surface area contributed by atoms with Crippen molar-refractivity contribution >= 4 is 34.5 Å². The molecule has 0 unspecified atom stereocenters. The van der Waals surface area contributed by atoms with Gasteiger partial charge >= 0.3 is 0 Å². The van der Waals surface area contributed by atoms with Gasteiger partial charge in [0.2, 0.25) is 0 Å². The summed E-state index contributed by atoms with van der Waals surface area (Å²) >= 11 is 13.4. The summed E-state index contributed by atoms with van der Waals surface area (Å²) in [4.78, 5) is 0. The van der Waals surface area contributed by atoms with Gasteiger partial charge < -0.3 is 0 Å². The molecule has 1 aromatic heterocycles. The van der Waals surface area contributed by atoms with Gasteiger partial charge in [-0.05, 0) is 47.2 Å². The quantitative estimate of drug-likeness (QED) is 0.671. The Kier molecular flexibility index (Phi) is 2.82. The van der Waals surface area contributed by atoms with E-state index in [4.69, 9.17) is 23.2 Å². The zero-order valence-corrected chi connectivity index (χ0v) is 9.80. The molecule has 0 aliphatic heterocycles. The molecule has 0 aliphatic rings. The zero-order valence-electron chi connectivity index (χ0n) is 7.47. The average molecular weight is 242 g/mol. The molecule has 0 saturated carbocycles. The van der Waals surface area contributed by atoms with Crippen LogP contribution < -0.4 is 0 Å². The van der Waals surface area contributed by atoms with Gasteiger partial charge in [-0.3, -0.25) is 0 Å². The number of rotatable bonds is 1. The Hall–Kier alpha value is -0.500. The highest BCUT2D eigenvalue weighted by Gasteiger charge is 2.05. The van der Waals surface area contributed by atoms with Gasteiger partial charge in [-0.2, -0.15) is 0 Å². The maximum absolute atomic E-state index is 5.93. The van der Waals surface area contributed by atoms with Crippen molar-refractivity contribution in [1.82, 2.24) is 0 Å². The molecule has 0 saturated heterocycles. The van der Waals surface area contributed by atoms with Crippen molar-refractivity contribution in [3.05, 3.63) is 44.6 Å². The van der Waals surface area contributed by atoms with Gasteiger partial charge in [0.05, 0.1) is 0 Å². The van der Waals surface area contributed by atoms with Crippen LogP contribution in [0.3, 0.4) is 0 Å². The van der Waals surface area contributed by atoms with E-state index < -0.39 is 0 Å². The fourth-order valence-corrected chi connectivity index (χ4v) is 2.62. The second kappa shape index (κ2) is 3.93. The van der Waals surface area contributed by atoms with E-state index in [1.165, 1.54) is 0 Å². The first-order chi connectivity index (χ1) is 6.66. The predicted octanol–water partition coefficient (Wildman–Crippen LogP) is 4.83. The smallest absolute Gasteiger partial charge is 0.0481 e. The number of aryl methyl sites for hydroxylation is 1. The third kappa shape index (κ3) is 1.95. The lowest BCUT2D eigenvalue weighted by Gasteiger charge is -2.02. The van der Waals surface area contributed by atoms with Crippen LogP contribution in [0, 0.1) is 12.3 Å². The summed E-state index contributed by atoms with van der Waals surface area (Å²) in [6.45, 7) is 2.03. The molecule has 3 heteroatoms. The largest absolute Gasteiger partial charge is 0.142 e. The van der Waals surface area contributed by atoms with Gasteiger partial charge in [0.25, 0.3) is 0 Å². The van der Waals surface area contributed by atoms with Crippen LogP contribution in [0.4, 0.5) is 0 Å². The molecular formula is C11H7Cl2S. The molecule has 0 bridgehead atoms. The first kappa shape index (κ1) is 10.0. The topological polar surface area (TPSA) is 0 Å². The first-order valence-corrected chi connectivity index (χ1v) is 5.72. The Labute approximate surface area is 97.1 Å². The monoisotopic (exact) mass is 241 g/mol. The molecule has 0 aliphatic carbocycles. The Morgan fingerprint density at radius 3 is 2.29 bits per heavy atom. The molecular weight excluding hydrogens is 235 g/mol. The van der Waals surface area contributed by atoms with Crippen LogP contribution in [0.15, 0.2) is 23.6 Å². The normalized spacial score (nSPS) is 10.5. The number of halogens is 2. The standard InChI is InChI=1S/C11H7Cl2S/c1-7-5-14-6-11(7)8-2-9(12)4-10(13)3-8/h2-4,6H,1H3. The summed E-state index contributed by atoms with van der Waals surface area (Å²) in [5.41, 5.74) is 3.34. The minimum atomic E-state index is 0.665. The summed E-state index contributed by atoms with van der Waals surface area (Å²) < 4.78 is 0. The lowest BCUT2D eigenvalue weighted by molar-refractivity contribution is 1.52. The molecule has 2 rings (SSSR count). The first-order valence-electron chi connectivity index (χ1n) is 4.09. The number of hydrogen-bond acceptors (Lipinski definition) is 1. The molecule has 14 heavy (non-hydrogen) atoms. The van der Waals surface area contributed by atoms with Crippen LogP contribution in [0.25, 0.3) is 11.1 Å². The molecule has 0 N–H and O–H groups in total. The summed E-state index contributed by atoms with van der Waals surface area (Å²) in [5, 5.41) is 6.54. The van der Waals surface area contributed by atoms with Crippen molar-refractivity contribution in [3.8, 4) is 11.1 Å². The molecule has 1 heterocycles. The SMILES string of the molecule is Cc1[c]scc1-c1cc(Cl)cc(Cl)c1. The Bertz CT molecular complexity index is 440. The third-order valence-electron chi connectivity index (χ3n) is 1.97. The lowest BCUT2D eigenvalue weighted by atomic mass is 10.1. The highest BCUT2D eigenvalue weighted by molar-refractivity contribution is 7.07. The number of hydrogen-bond donors (Lipinski definition) is 0. The van der Waals surface area contributed by atoms with E-state index in [0.29, 0.717) is 10.0 Å². The predicted molar refractivity (Wildman–Crippen MR) is 63.3 cm³/mol. The van der Waals surface area contributed by atoms with Gasteiger partial charge in [0.15, 0.2) is 0 Å². The van der Waals surface area contributed by atoms with Crippen LogP contribution in [-0.4, -0.2) is 0 Å². The van der Waals surface area contributed by atoms with Crippen LogP contribution in [0.5, 0.6) is 0 Å². The fourth-order valence-electron chi connectivity index (χ4n) is 1.31. The number of thiophene rings is 1. The summed E-state index contributed by atoms with van der Waals surface area (Å²) in [6, 6.07) is 5.56. The average Bonchev–Trinajstić information content (AvgIpc) is 2.49. The minimum absolute atomic E-state index is 0.665. The van der Waals surface area contributed by atoms with E-state index in [9.17, 15) is 0 Å². The van der Waals surface area contributed by atoms with E-state index in [-0.39, 0.29) is 0 Å². The second-order valence-corrected chi connectivity index (χ2v) is 4.58. The maximum atomic E-state index is 5.93. The van der Waals surface area contributed by atoms with Gasteiger partial charge in [-0.1, -0.05) is 23.2 Å². The molecule has 0 spiro atoms. The third-order valence-corrected chi connectivity index (χ3v) is 3.18. The van der Waals surface area contributed by atoms with E-state index in [0.717, 1.165) is 16.7 Å². The van der Waals surface area contributed by atoms with Gasteiger partial charge in [-0.25, -0.2) is 0 Å². The Balaban J connectivity index is 2.57. The molecule has 2 aromatic rings. The van der Waals surface area contributed by atoms with Gasteiger partial charge in [-0.15, -0.1) is 11.3 Å². The lowest BCUT2D eigenvalue weighted by Crippen LogP contribution is -1.78. The molecule has 1 radical (unpaired) electrons. The summed E-state index contributed by atoms with van der Waals surface area (Å²) in [7, 11) is 0. The van der Waals surface area contributed by atoms with E-state index in [1.807, 2.05) is 19.1 Å². The fraction of sp³-hybridized carbons (Fsp3) is 0.0909. The van der Waals surface area contributed by atoms with Crippen molar-refractivity contribution in [2.75, 3.05) is 0 Å². The highest BCUT2D eigenvalue weighted by atomic mass is 35.5. The van der Waals surface area contributed by atoms with Crippen LogP contribution in [0.1, 0.15) is 5.56 Å². The van der Waals surface area contributed by atoms with E-state index in [2.05, 4.69) is 10.8 Å². The van der Waals surface area contributed by atoms with Crippen LogP contribution in [-0.2, 0) is 0 Å².